The number of carbonyl (C=O) groups is 1. The molecule has 0 bridgehead atoms. The molecule has 0 fully saturated rings. The second-order valence-electron chi connectivity index (χ2n) is 5.50. The molecule has 0 spiro atoms. The van der Waals surface area contributed by atoms with Gasteiger partial charge in [0.2, 0.25) is 5.91 Å². The van der Waals surface area contributed by atoms with Gasteiger partial charge in [0.1, 0.15) is 0 Å². The van der Waals surface area contributed by atoms with Gasteiger partial charge in [0, 0.05) is 11.1 Å². The number of aromatic nitrogens is 2. The maximum Gasteiger partial charge on any atom is 0.234 e. The van der Waals surface area contributed by atoms with E-state index in [9.17, 15) is 4.79 Å². The highest BCUT2D eigenvalue weighted by atomic mass is 32.2. The number of hydrogen-bond donors (Lipinski definition) is 1. The van der Waals surface area contributed by atoms with Crippen LogP contribution in [0.5, 0.6) is 0 Å². The summed E-state index contributed by atoms with van der Waals surface area (Å²) in [7, 11) is 0. The van der Waals surface area contributed by atoms with Crippen LogP contribution in [0.3, 0.4) is 0 Å². The zero-order chi connectivity index (χ0) is 16.8. The van der Waals surface area contributed by atoms with Crippen molar-refractivity contribution < 1.29 is 4.79 Å². The van der Waals surface area contributed by atoms with Crippen LogP contribution in [0.15, 0.2) is 71.9 Å². The van der Waals surface area contributed by atoms with Crippen molar-refractivity contribution in [2.45, 2.75) is 18.4 Å². The molecule has 0 radical (unpaired) electrons. The third-order valence-electron chi connectivity index (χ3n) is 3.62. The number of anilines is 1. The first-order chi connectivity index (χ1) is 11.7. The highest BCUT2D eigenvalue weighted by Crippen LogP contribution is 2.17. The number of nitrogens with one attached hydrogen (secondary N) is 1. The first-order valence-electron chi connectivity index (χ1n) is 7.75. The Kier molecular flexibility index (Phi) is 5.33. The molecule has 0 aliphatic rings. The summed E-state index contributed by atoms with van der Waals surface area (Å²) < 4.78 is 1.84. The molecule has 5 heteroatoms. The van der Waals surface area contributed by atoms with E-state index >= 15 is 0 Å². The summed E-state index contributed by atoms with van der Waals surface area (Å²) in [5.74, 6) is 0.354. The first-order valence-corrected chi connectivity index (χ1v) is 8.74. The number of thioether (sulfide) groups is 1. The van der Waals surface area contributed by atoms with E-state index in [1.54, 1.807) is 6.20 Å². The third kappa shape index (κ3) is 4.49. The standard InChI is InChI=1S/C19H19N3OS/c1-15-7-5-6-8-16(15)12-22-13-17(11-20-22)21-19(23)14-24-18-9-3-2-4-10-18/h2-11,13H,12,14H2,1H3,(H,21,23). The lowest BCUT2D eigenvalue weighted by Gasteiger charge is -2.05. The number of aryl methyl sites for hydroxylation is 1. The van der Waals surface area contributed by atoms with Crippen LogP contribution in [0.2, 0.25) is 0 Å². The molecular formula is C19H19N3OS. The number of nitrogens with zero attached hydrogens (tertiary/aromatic N) is 2. The Balaban J connectivity index is 1.54. The molecule has 4 nitrogen and oxygen atoms in total. The Morgan fingerprint density at radius 3 is 2.67 bits per heavy atom. The van der Waals surface area contributed by atoms with Gasteiger partial charge in [0.25, 0.3) is 0 Å². The maximum absolute atomic E-state index is 12.0. The van der Waals surface area contributed by atoms with Crippen molar-refractivity contribution in [1.29, 1.82) is 0 Å². The number of hydrogen-bond acceptors (Lipinski definition) is 3. The molecule has 3 aromatic rings. The zero-order valence-electron chi connectivity index (χ0n) is 13.5. The summed E-state index contributed by atoms with van der Waals surface area (Å²) in [4.78, 5) is 13.1. The molecule has 24 heavy (non-hydrogen) atoms. The highest BCUT2D eigenvalue weighted by molar-refractivity contribution is 8.00. The maximum atomic E-state index is 12.0. The molecule has 0 atom stereocenters. The van der Waals surface area contributed by atoms with Gasteiger partial charge in [0.05, 0.1) is 24.2 Å². The van der Waals surface area contributed by atoms with E-state index in [1.165, 1.54) is 22.9 Å². The normalized spacial score (nSPS) is 10.5. The Bertz CT molecular complexity index is 814. The van der Waals surface area contributed by atoms with Crippen molar-refractivity contribution in [3.05, 3.63) is 78.1 Å². The quantitative estimate of drug-likeness (QED) is 0.692. The summed E-state index contributed by atoms with van der Waals surface area (Å²) in [5, 5.41) is 7.21. The molecule has 0 saturated heterocycles. The predicted octanol–water partition coefficient (Wildman–Crippen LogP) is 3.97. The summed E-state index contributed by atoms with van der Waals surface area (Å²) in [5.41, 5.74) is 3.18. The predicted molar refractivity (Wildman–Crippen MR) is 98.3 cm³/mol. The van der Waals surface area contributed by atoms with E-state index in [0.29, 0.717) is 12.3 Å². The molecule has 1 heterocycles. The van der Waals surface area contributed by atoms with Crippen LogP contribution < -0.4 is 5.32 Å². The SMILES string of the molecule is Cc1ccccc1Cn1cc(NC(=O)CSc2ccccc2)cn1. The van der Waals surface area contributed by atoms with Crippen molar-refractivity contribution >= 4 is 23.4 Å². The van der Waals surface area contributed by atoms with E-state index in [1.807, 2.05) is 53.3 Å². The molecule has 122 valence electrons. The van der Waals surface area contributed by atoms with Crippen molar-refractivity contribution in [2.75, 3.05) is 11.1 Å². The van der Waals surface area contributed by atoms with E-state index < -0.39 is 0 Å². The zero-order valence-corrected chi connectivity index (χ0v) is 14.3. The highest BCUT2D eigenvalue weighted by Gasteiger charge is 2.06. The van der Waals surface area contributed by atoms with Crippen LogP contribution in [-0.2, 0) is 11.3 Å². The summed E-state index contributed by atoms with van der Waals surface area (Å²) in [6.07, 6.45) is 3.54. The molecule has 3 rings (SSSR count). The first kappa shape index (κ1) is 16.3. The topological polar surface area (TPSA) is 46.9 Å². The lowest BCUT2D eigenvalue weighted by Crippen LogP contribution is -2.13. The summed E-state index contributed by atoms with van der Waals surface area (Å²) in [6, 6.07) is 18.1. The Hall–Kier alpha value is -2.53. The second kappa shape index (κ2) is 7.84. The van der Waals surface area contributed by atoms with Crippen molar-refractivity contribution in [2.24, 2.45) is 0 Å². The molecule has 1 amide bonds. The van der Waals surface area contributed by atoms with Crippen LogP contribution in [0.1, 0.15) is 11.1 Å². The van der Waals surface area contributed by atoms with Crippen molar-refractivity contribution in [3.8, 4) is 0 Å². The fraction of sp³-hybridized carbons (Fsp3) is 0.158. The Labute approximate surface area is 145 Å². The third-order valence-corrected chi connectivity index (χ3v) is 4.64. The van der Waals surface area contributed by atoms with Gasteiger partial charge in [-0.05, 0) is 30.2 Å². The fourth-order valence-electron chi connectivity index (χ4n) is 2.34. The monoisotopic (exact) mass is 337 g/mol. The van der Waals surface area contributed by atoms with Crippen molar-refractivity contribution in [3.63, 3.8) is 0 Å². The largest absolute Gasteiger partial charge is 0.323 e. The van der Waals surface area contributed by atoms with Gasteiger partial charge in [-0.1, -0.05) is 42.5 Å². The summed E-state index contributed by atoms with van der Waals surface area (Å²) >= 11 is 1.52. The van der Waals surface area contributed by atoms with E-state index in [0.717, 1.165) is 10.6 Å². The van der Waals surface area contributed by atoms with Crippen LogP contribution >= 0.6 is 11.8 Å². The lowest BCUT2D eigenvalue weighted by molar-refractivity contribution is -0.113. The number of carbonyl (C=O) groups excluding carboxylic acids is 1. The number of benzene rings is 2. The van der Waals surface area contributed by atoms with Gasteiger partial charge in [-0.15, -0.1) is 11.8 Å². The molecular weight excluding hydrogens is 318 g/mol. The molecule has 1 N–H and O–H groups in total. The smallest absolute Gasteiger partial charge is 0.234 e. The van der Waals surface area contributed by atoms with Crippen LogP contribution in [-0.4, -0.2) is 21.4 Å². The molecule has 0 saturated carbocycles. The molecule has 0 aliphatic carbocycles. The average Bonchev–Trinajstić information content (AvgIpc) is 3.03. The van der Waals surface area contributed by atoms with E-state index in [-0.39, 0.29) is 5.91 Å². The van der Waals surface area contributed by atoms with Gasteiger partial charge in [-0.3, -0.25) is 9.48 Å². The van der Waals surface area contributed by atoms with Gasteiger partial charge in [-0.2, -0.15) is 5.10 Å². The Morgan fingerprint density at radius 2 is 1.88 bits per heavy atom. The minimum absolute atomic E-state index is 0.0284. The second-order valence-corrected chi connectivity index (χ2v) is 6.55. The fourth-order valence-corrected chi connectivity index (χ4v) is 3.06. The number of rotatable bonds is 6. The van der Waals surface area contributed by atoms with E-state index in [4.69, 9.17) is 0 Å². The molecule has 0 unspecified atom stereocenters. The van der Waals surface area contributed by atoms with Crippen LogP contribution in [0.25, 0.3) is 0 Å². The Morgan fingerprint density at radius 1 is 1.12 bits per heavy atom. The minimum Gasteiger partial charge on any atom is -0.323 e. The minimum atomic E-state index is -0.0284. The van der Waals surface area contributed by atoms with Gasteiger partial charge >= 0.3 is 0 Å². The van der Waals surface area contributed by atoms with Gasteiger partial charge in [-0.25, -0.2) is 0 Å². The summed E-state index contributed by atoms with van der Waals surface area (Å²) in [6.45, 7) is 2.78. The van der Waals surface area contributed by atoms with Crippen molar-refractivity contribution in [1.82, 2.24) is 9.78 Å². The molecule has 1 aromatic heterocycles. The molecule has 0 aliphatic heterocycles. The van der Waals surface area contributed by atoms with E-state index in [2.05, 4.69) is 29.5 Å². The number of amides is 1. The van der Waals surface area contributed by atoms with Crippen LogP contribution in [0, 0.1) is 6.92 Å². The van der Waals surface area contributed by atoms with Gasteiger partial charge < -0.3 is 5.32 Å². The van der Waals surface area contributed by atoms with Gasteiger partial charge in [0.15, 0.2) is 0 Å². The lowest BCUT2D eigenvalue weighted by atomic mass is 10.1. The average molecular weight is 337 g/mol. The van der Waals surface area contributed by atoms with Crippen LogP contribution in [0.4, 0.5) is 5.69 Å². The molecule has 2 aromatic carbocycles.